The molecule has 2 saturated carbocycles. The Labute approximate surface area is 168 Å². The molecule has 3 rings (SSSR count). The normalized spacial score (nSPS) is 16.6. The maximum Gasteiger partial charge on any atom is 0.220 e. The van der Waals surface area contributed by atoms with Crippen molar-refractivity contribution in [2.75, 3.05) is 19.7 Å². The van der Waals surface area contributed by atoms with Gasteiger partial charge >= 0.3 is 0 Å². The molecule has 0 radical (unpaired) electrons. The van der Waals surface area contributed by atoms with Crippen LogP contribution < -0.4 is 20.7 Å². The van der Waals surface area contributed by atoms with Crippen LogP contribution in [0.1, 0.15) is 56.6 Å². The molecule has 0 aliphatic heterocycles. The van der Waals surface area contributed by atoms with Crippen LogP contribution >= 0.6 is 0 Å². The van der Waals surface area contributed by atoms with E-state index in [-0.39, 0.29) is 5.91 Å². The summed E-state index contributed by atoms with van der Waals surface area (Å²) in [5.41, 5.74) is 2.31. The van der Waals surface area contributed by atoms with Crippen LogP contribution in [0.3, 0.4) is 0 Å². The molecule has 0 atom stereocenters. The lowest BCUT2D eigenvalue weighted by Crippen LogP contribution is -2.38. The van der Waals surface area contributed by atoms with Gasteiger partial charge in [0.05, 0.1) is 13.2 Å². The number of carbonyl (C=O) groups is 1. The molecule has 0 bridgehead atoms. The molecular weight excluding hydrogens is 352 g/mol. The highest BCUT2D eigenvalue weighted by atomic mass is 16.5. The van der Waals surface area contributed by atoms with Crippen LogP contribution in [0.15, 0.2) is 23.2 Å². The molecule has 0 saturated heterocycles. The molecule has 3 N–H and O–H groups in total. The Morgan fingerprint density at radius 2 is 2.04 bits per heavy atom. The number of hydrogen-bond donors (Lipinski definition) is 3. The maximum atomic E-state index is 11.8. The number of nitrogens with one attached hydrogen (secondary N) is 3. The van der Waals surface area contributed by atoms with Crippen LogP contribution in [0, 0.1) is 12.8 Å². The van der Waals surface area contributed by atoms with Gasteiger partial charge < -0.3 is 20.7 Å². The van der Waals surface area contributed by atoms with E-state index in [4.69, 9.17) is 9.73 Å². The Morgan fingerprint density at radius 3 is 2.75 bits per heavy atom. The smallest absolute Gasteiger partial charge is 0.220 e. The monoisotopic (exact) mass is 386 g/mol. The molecule has 2 aliphatic rings. The van der Waals surface area contributed by atoms with Gasteiger partial charge in [-0.1, -0.05) is 12.1 Å². The fourth-order valence-corrected chi connectivity index (χ4v) is 2.91. The van der Waals surface area contributed by atoms with Crippen molar-refractivity contribution in [3.05, 3.63) is 29.3 Å². The van der Waals surface area contributed by atoms with Crippen LogP contribution in [-0.2, 0) is 11.3 Å². The van der Waals surface area contributed by atoms with Gasteiger partial charge in [-0.05, 0) is 63.5 Å². The summed E-state index contributed by atoms with van der Waals surface area (Å²) in [7, 11) is 0. The fraction of sp³-hybridized carbons (Fsp3) is 0.636. The number of aliphatic imine (C=N–C) groups is 1. The highest BCUT2D eigenvalue weighted by molar-refractivity contribution is 5.80. The van der Waals surface area contributed by atoms with E-state index in [2.05, 4.69) is 48.0 Å². The molecule has 0 spiro atoms. The first-order valence-corrected chi connectivity index (χ1v) is 10.7. The Balaban J connectivity index is 1.47. The molecule has 2 fully saturated rings. The van der Waals surface area contributed by atoms with E-state index >= 15 is 0 Å². The molecule has 1 aromatic carbocycles. The van der Waals surface area contributed by atoms with Gasteiger partial charge in [0.1, 0.15) is 5.75 Å². The standard InChI is InChI=1S/C22H34N4O2/c1-3-23-22(24-12-4-5-21(27)26-19-10-11-19)25-14-18-9-6-16(2)13-20(18)28-15-17-7-8-17/h6,9,13,17,19H,3-5,7-8,10-12,14-15H2,1-2H3,(H,26,27)(H2,23,24,25). The zero-order valence-corrected chi connectivity index (χ0v) is 17.2. The average molecular weight is 387 g/mol. The summed E-state index contributed by atoms with van der Waals surface area (Å²) in [5, 5.41) is 9.62. The lowest BCUT2D eigenvalue weighted by molar-refractivity contribution is -0.121. The zero-order chi connectivity index (χ0) is 19.8. The molecule has 154 valence electrons. The van der Waals surface area contributed by atoms with Crippen LogP contribution in [0.5, 0.6) is 5.75 Å². The van der Waals surface area contributed by atoms with E-state index in [1.807, 2.05) is 0 Å². The molecule has 0 unspecified atom stereocenters. The van der Waals surface area contributed by atoms with Gasteiger partial charge in [0.25, 0.3) is 0 Å². The van der Waals surface area contributed by atoms with Gasteiger partial charge in [0.15, 0.2) is 5.96 Å². The Bertz CT molecular complexity index is 681. The number of carbonyl (C=O) groups excluding carboxylic acids is 1. The van der Waals surface area contributed by atoms with Crippen molar-refractivity contribution in [2.24, 2.45) is 10.9 Å². The summed E-state index contributed by atoms with van der Waals surface area (Å²) >= 11 is 0. The molecule has 6 heteroatoms. The van der Waals surface area contributed by atoms with Crippen LogP contribution in [0.2, 0.25) is 0 Å². The van der Waals surface area contributed by atoms with Gasteiger partial charge in [0, 0.05) is 31.1 Å². The first-order chi connectivity index (χ1) is 13.6. The molecule has 2 aliphatic carbocycles. The molecule has 0 aromatic heterocycles. The minimum Gasteiger partial charge on any atom is -0.493 e. The van der Waals surface area contributed by atoms with Crippen molar-refractivity contribution in [3.63, 3.8) is 0 Å². The third-order valence-corrected chi connectivity index (χ3v) is 4.96. The highest BCUT2D eigenvalue weighted by Gasteiger charge is 2.23. The zero-order valence-electron chi connectivity index (χ0n) is 17.2. The van der Waals surface area contributed by atoms with Gasteiger partial charge in [-0.25, -0.2) is 4.99 Å². The van der Waals surface area contributed by atoms with Gasteiger partial charge in [-0.2, -0.15) is 0 Å². The van der Waals surface area contributed by atoms with E-state index in [0.29, 0.717) is 19.0 Å². The lowest BCUT2D eigenvalue weighted by Gasteiger charge is -2.13. The fourth-order valence-electron chi connectivity index (χ4n) is 2.91. The van der Waals surface area contributed by atoms with Gasteiger partial charge in [0.2, 0.25) is 5.91 Å². The van der Waals surface area contributed by atoms with E-state index in [0.717, 1.165) is 62.1 Å². The van der Waals surface area contributed by atoms with Crippen molar-refractivity contribution < 1.29 is 9.53 Å². The molecule has 1 aromatic rings. The topological polar surface area (TPSA) is 74.8 Å². The highest BCUT2D eigenvalue weighted by Crippen LogP contribution is 2.31. The van der Waals surface area contributed by atoms with Crippen molar-refractivity contribution in [1.82, 2.24) is 16.0 Å². The molecule has 0 heterocycles. The first kappa shape index (κ1) is 20.5. The number of nitrogens with zero attached hydrogens (tertiary/aromatic N) is 1. The summed E-state index contributed by atoms with van der Waals surface area (Å²) in [6.45, 7) is 7.04. The van der Waals surface area contributed by atoms with Crippen molar-refractivity contribution in [1.29, 1.82) is 0 Å². The number of aryl methyl sites for hydroxylation is 1. The Morgan fingerprint density at radius 1 is 1.21 bits per heavy atom. The lowest BCUT2D eigenvalue weighted by atomic mass is 10.1. The van der Waals surface area contributed by atoms with Crippen LogP contribution in [0.25, 0.3) is 0 Å². The predicted octanol–water partition coefficient (Wildman–Crippen LogP) is 2.90. The minimum absolute atomic E-state index is 0.156. The summed E-state index contributed by atoms with van der Waals surface area (Å²) in [4.78, 5) is 16.5. The second kappa shape index (κ2) is 10.3. The van der Waals surface area contributed by atoms with Crippen molar-refractivity contribution >= 4 is 11.9 Å². The summed E-state index contributed by atoms with van der Waals surface area (Å²) in [6.07, 6.45) is 6.18. The number of benzene rings is 1. The van der Waals surface area contributed by atoms with E-state index in [9.17, 15) is 4.79 Å². The molecular formula is C22H34N4O2. The Hall–Kier alpha value is -2.24. The predicted molar refractivity (Wildman–Crippen MR) is 113 cm³/mol. The second-order valence-corrected chi connectivity index (χ2v) is 7.93. The molecule has 6 nitrogen and oxygen atoms in total. The average Bonchev–Trinajstić information content (AvgIpc) is 3.58. The van der Waals surface area contributed by atoms with E-state index in [1.54, 1.807) is 0 Å². The number of guanidine groups is 1. The van der Waals surface area contributed by atoms with Gasteiger partial charge in [-0.15, -0.1) is 0 Å². The van der Waals surface area contributed by atoms with E-state index in [1.165, 1.54) is 18.4 Å². The quantitative estimate of drug-likeness (QED) is 0.311. The third kappa shape index (κ3) is 7.41. The first-order valence-electron chi connectivity index (χ1n) is 10.7. The molecule has 1 amide bonds. The van der Waals surface area contributed by atoms with E-state index < -0.39 is 0 Å². The summed E-state index contributed by atoms with van der Waals surface area (Å²) in [5.74, 6) is 2.61. The number of amides is 1. The summed E-state index contributed by atoms with van der Waals surface area (Å²) in [6, 6.07) is 6.75. The Kier molecular flexibility index (Phi) is 7.57. The largest absolute Gasteiger partial charge is 0.493 e. The number of rotatable bonds is 11. The minimum atomic E-state index is 0.156. The van der Waals surface area contributed by atoms with Crippen LogP contribution in [-0.4, -0.2) is 37.6 Å². The summed E-state index contributed by atoms with van der Waals surface area (Å²) < 4.78 is 6.04. The van der Waals surface area contributed by atoms with Crippen molar-refractivity contribution in [3.8, 4) is 5.75 Å². The third-order valence-electron chi connectivity index (χ3n) is 4.96. The van der Waals surface area contributed by atoms with Gasteiger partial charge in [-0.3, -0.25) is 4.79 Å². The van der Waals surface area contributed by atoms with Crippen molar-refractivity contribution in [2.45, 2.75) is 65.0 Å². The maximum absolute atomic E-state index is 11.8. The number of ether oxygens (including phenoxy) is 1. The molecule has 28 heavy (non-hydrogen) atoms. The SMILES string of the molecule is CCNC(=NCc1ccc(C)cc1OCC1CC1)NCCCC(=O)NC1CC1. The number of hydrogen-bond acceptors (Lipinski definition) is 3. The van der Waals surface area contributed by atoms with Crippen LogP contribution in [0.4, 0.5) is 0 Å². The second-order valence-electron chi connectivity index (χ2n) is 7.93.